The van der Waals surface area contributed by atoms with E-state index >= 15 is 0 Å². The van der Waals surface area contributed by atoms with Gasteiger partial charge in [0.25, 0.3) is 0 Å². The van der Waals surface area contributed by atoms with Gasteiger partial charge < -0.3 is 20.1 Å². The molecule has 0 bridgehead atoms. The second kappa shape index (κ2) is 7.92. The van der Waals surface area contributed by atoms with Crippen LogP contribution in [0, 0.1) is 11.7 Å². The van der Waals surface area contributed by atoms with Crippen molar-refractivity contribution in [1.82, 2.24) is 10.2 Å². The number of hydrogen-bond acceptors (Lipinski definition) is 3. The number of urea groups is 1. The third-order valence-corrected chi connectivity index (χ3v) is 4.01. The van der Waals surface area contributed by atoms with Gasteiger partial charge in [0, 0.05) is 26.7 Å². The van der Waals surface area contributed by atoms with Crippen molar-refractivity contribution < 1.29 is 23.8 Å². The SMILES string of the molecule is CO[C@H]1CCN(C(=O)NCC(Cc2ccc(F)cc2)C(=O)O)C1. The third-order valence-electron chi connectivity index (χ3n) is 4.01. The van der Waals surface area contributed by atoms with Crippen LogP contribution in [0.15, 0.2) is 24.3 Å². The minimum Gasteiger partial charge on any atom is -0.481 e. The number of ether oxygens (including phenoxy) is 1. The van der Waals surface area contributed by atoms with Crippen LogP contribution in [0.25, 0.3) is 0 Å². The molecule has 126 valence electrons. The minimum atomic E-state index is -0.995. The van der Waals surface area contributed by atoms with E-state index in [4.69, 9.17) is 4.74 Å². The highest BCUT2D eigenvalue weighted by atomic mass is 19.1. The molecular formula is C16H21FN2O4. The molecule has 0 spiro atoms. The lowest BCUT2D eigenvalue weighted by Crippen LogP contribution is -2.42. The molecule has 1 aromatic carbocycles. The van der Waals surface area contributed by atoms with Gasteiger partial charge in [0.05, 0.1) is 12.0 Å². The highest BCUT2D eigenvalue weighted by Crippen LogP contribution is 2.13. The lowest BCUT2D eigenvalue weighted by molar-refractivity contribution is -0.141. The predicted octanol–water partition coefficient (Wildman–Crippen LogP) is 1.50. The van der Waals surface area contributed by atoms with E-state index in [1.165, 1.54) is 12.1 Å². The number of carbonyl (C=O) groups excluding carboxylic acids is 1. The Kier molecular flexibility index (Phi) is 5.92. The van der Waals surface area contributed by atoms with Gasteiger partial charge in [-0.25, -0.2) is 9.18 Å². The summed E-state index contributed by atoms with van der Waals surface area (Å²) in [5.41, 5.74) is 0.716. The first-order valence-corrected chi connectivity index (χ1v) is 7.52. The molecule has 0 radical (unpaired) electrons. The van der Waals surface area contributed by atoms with E-state index in [1.54, 1.807) is 24.1 Å². The van der Waals surface area contributed by atoms with E-state index in [-0.39, 0.29) is 30.9 Å². The van der Waals surface area contributed by atoms with Crippen LogP contribution < -0.4 is 5.32 Å². The zero-order valence-electron chi connectivity index (χ0n) is 13.0. The Morgan fingerprint density at radius 3 is 2.70 bits per heavy atom. The van der Waals surface area contributed by atoms with Crippen molar-refractivity contribution in [3.8, 4) is 0 Å². The van der Waals surface area contributed by atoms with Crippen LogP contribution in [0.1, 0.15) is 12.0 Å². The second-order valence-corrected chi connectivity index (χ2v) is 5.64. The molecule has 7 heteroatoms. The van der Waals surface area contributed by atoms with Crippen molar-refractivity contribution in [2.24, 2.45) is 5.92 Å². The summed E-state index contributed by atoms with van der Waals surface area (Å²) < 4.78 is 18.1. The summed E-state index contributed by atoms with van der Waals surface area (Å²) in [5.74, 6) is -2.12. The van der Waals surface area contributed by atoms with Crippen molar-refractivity contribution in [1.29, 1.82) is 0 Å². The summed E-state index contributed by atoms with van der Waals surface area (Å²) in [6.45, 7) is 1.14. The fourth-order valence-corrected chi connectivity index (χ4v) is 2.58. The average molecular weight is 324 g/mol. The zero-order chi connectivity index (χ0) is 16.8. The second-order valence-electron chi connectivity index (χ2n) is 5.64. The Bertz CT molecular complexity index is 550. The van der Waals surface area contributed by atoms with Crippen LogP contribution in [0.4, 0.5) is 9.18 Å². The molecule has 0 aromatic heterocycles. The Morgan fingerprint density at radius 2 is 2.13 bits per heavy atom. The van der Waals surface area contributed by atoms with Gasteiger partial charge in [0.1, 0.15) is 5.82 Å². The molecule has 6 nitrogen and oxygen atoms in total. The van der Waals surface area contributed by atoms with Gasteiger partial charge >= 0.3 is 12.0 Å². The number of rotatable bonds is 6. The van der Waals surface area contributed by atoms with Crippen LogP contribution in [0.5, 0.6) is 0 Å². The maximum absolute atomic E-state index is 12.9. The first-order chi connectivity index (χ1) is 11.0. The number of hydrogen-bond donors (Lipinski definition) is 2. The Hall–Kier alpha value is -2.15. The van der Waals surface area contributed by atoms with E-state index in [0.717, 1.165) is 6.42 Å². The van der Waals surface area contributed by atoms with Crippen LogP contribution in [0.3, 0.4) is 0 Å². The van der Waals surface area contributed by atoms with Crippen molar-refractivity contribution in [3.63, 3.8) is 0 Å². The quantitative estimate of drug-likeness (QED) is 0.831. The molecule has 1 saturated heterocycles. The Morgan fingerprint density at radius 1 is 1.43 bits per heavy atom. The minimum absolute atomic E-state index is 0.0275. The van der Waals surface area contributed by atoms with Crippen LogP contribution in [0.2, 0.25) is 0 Å². The van der Waals surface area contributed by atoms with Gasteiger partial charge in [-0.1, -0.05) is 12.1 Å². The van der Waals surface area contributed by atoms with Crippen LogP contribution in [-0.2, 0) is 16.0 Å². The molecule has 1 unspecified atom stereocenters. The highest BCUT2D eigenvalue weighted by molar-refractivity contribution is 5.76. The Labute approximate surface area is 134 Å². The van der Waals surface area contributed by atoms with E-state index in [1.807, 2.05) is 0 Å². The standard InChI is InChI=1S/C16H21FN2O4/c1-23-14-6-7-19(10-14)16(22)18-9-12(15(20)21)8-11-2-4-13(17)5-3-11/h2-5,12,14H,6-10H2,1H3,(H,18,22)(H,20,21)/t12?,14-/m0/s1. The van der Waals surface area contributed by atoms with Crippen LogP contribution in [-0.4, -0.2) is 54.9 Å². The maximum atomic E-state index is 12.9. The summed E-state index contributed by atoms with van der Waals surface area (Å²) in [5, 5.41) is 11.9. The molecule has 2 amide bonds. The van der Waals surface area contributed by atoms with Crippen LogP contribution >= 0.6 is 0 Å². The number of nitrogens with zero attached hydrogens (tertiary/aromatic N) is 1. The normalized spacial score (nSPS) is 18.7. The van der Waals surface area contributed by atoms with Crippen molar-refractivity contribution in [2.45, 2.75) is 18.9 Å². The molecular weight excluding hydrogens is 303 g/mol. The van der Waals surface area contributed by atoms with Gasteiger partial charge in [0.2, 0.25) is 0 Å². The summed E-state index contributed by atoms with van der Waals surface area (Å²) in [7, 11) is 1.61. The number of carboxylic acids is 1. The largest absolute Gasteiger partial charge is 0.481 e. The number of halogens is 1. The monoisotopic (exact) mass is 324 g/mol. The topological polar surface area (TPSA) is 78.9 Å². The molecule has 1 heterocycles. The maximum Gasteiger partial charge on any atom is 0.317 e. The number of carboxylic acid groups (broad SMARTS) is 1. The van der Waals surface area contributed by atoms with E-state index in [9.17, 15) is 19.1 Å². The molecule has 1 aliphatic heterocycles. The van der Waals surface area contributed by atoms with Crippen molar-refractivity contribution >= 4 is 12.0 Å². The lowest BCUT2D eigenvalue weighted by Gasteiger charge is -2.19. The fourth-order valence-electron chi connectivity index (χ4n) is 2.58. The van der Waals surface area contributed by atoms with Crippen molar-refractivity contribution in [2.75, 3.05) is 26.7 Å². The van der Waals surface area contributed by atoms with Gasteiger partial charge in [-0.15, -0.1) is 0 Å². The third kappa shape index (κ3) is 4.92. The average Bonchev–Trinajstić information content (AvgIpc) is 3.01. The molecule has 2 N–H and O–H groups in total. The summed E-state index contributed by atoms with van der Waals surface area (Å²) >= 11 is 0. The Balaban J connectivity index is 1.86. The number of nitrogens with one attached hydrogen (secondary N) is 1. The summed E-state index contributed by atoms with van der Waals surface area (Å²) in [4.78, 5) is 25.0. The van der Waals surface area contributed by atoms with Crippen molar-refractivity contribution in [3.05, 3.63) is 35.6 Å². The number of aliphatic carboxylic acids is 1. The first kappa shape index (κ1) is 17.2. The molecule has 1 aromatic rings. The number of methoxy groups -OCH3 is 1. The molecule has 2 rings (SSSR count). The molecule has 23 heavy (non-hydrogen) atoms. The highest BCUT2D eigenvalue weighted by Gasteiger charge is 2.27. The van der Waals surface area contributed by atoms with E-state index in [0.29, 0.717) is 18.7 Å². The van der Waals surface area contributed by atoms with Gasteiger partial charge in [-0.05, 0) is 30.5 Å². The molecule has 1 fully saturated rings. The lowest BCUT2D eigenvalue weighted by atomic mass is 9.99. The van der Waals surface area contributed by atoms with Gasteiger partial charge in [-0.2, -0.15) is 0 Å². The molecule has 0 saturated carbocycles. The van der Waals surface area contributed by atoms with Gasteiger partial charge in [-0.3, -0.25) is 4.79 Å². The molecule has 0 aliphatic carbocycles. The number of benzene rings is 1. The van der Waals surface area contributed by atoms with E-state index < -0.39 is 11.9 Å². The number of likely N-dealkylation sites (tertiary alicyclic amines) is 1. The van der Waals surface area contributed by atoms with Gasteiger partial charge in [0.15, 0.2) is 0 Å². The molecule has 1 aliphatic rings. The fraction of sp³-hybridized carbons (Fsp3) is 0.500. The molecule has 2 atom stereocenters. The van der Waals surface area contributed by atoms with E-state index in [2.05, 4.69) is 5.32 Å². The predicted molar refractivity (Wildman–Crippen MR) is 81.6 cm³/mol. The number of amides is 2. The first-order valence-electron chi connectivity index (χ1n) is 7.52. The zero-order valence-corrected chi connectivity index (χ0v) is 13.0. The summed E-state index contributed by atoms with van der Waals surface area (Å²) in [6, 6.07) is 5.41. The number of carbonyl (C=O) groups is 2. The summed E-state index contributed by atoms with van der Waals surface area (Å²) in [6.07, 6.45) is 1.05. The smallest absolute Gasteiger partial charge is 0.317 e.